The summed E-state index contributed by atoms with van der Waals surface area (Å²) in [5, 5.41) is 13.2. The minimum Gasteiger partial charge on any atom is -0.325 e. The molecule has 2 amide bonds. The van der Waals surface area contributed by atoms with Crippen LogP contribution in [0.1, 0.15) is 19.8 Å². The SMILES string of the molecule is CC1CC2(CCN1C)NC(=O)NC2=N. The number of amidine groups is 1. The number of carbonyl (C=O) groups is 1. The minimum atomic E-state index is -0.414. The standard InChI is InChI=1S/C9H16N4O/c1-6-5-9(3-4-13(6)2)7(10)11-8(14)12-9/h6H,3-5H2,1-2H3,(H3,10,11,12,14). The monoisotopic (exact) mass is 196 g/mol. The fourth-order valence-corrected chi connectivity index (χ4v) is 2.23. The number of piperidine rings is 1. The zero-order chi connectivity index (χ0) is 10.3. The van der Waals surface area contributed by atoms with Crippen molar-refractivity contribution in [2.24, 2.45) is 0 Å². The second-order valence-corrected chi connectivity index (χ2v) is 4.32. The molecule has 0 aromatic heterocycles. The number of likely N-dealkylation sites (tertiary alicyclic amines) is 1. The molecule has 1 spiro atoms. The third kappa shape index (κ3) is 1.28. The lowest BCUT2D eigenvalue weighted by Gasteiger charge is -2.40. The van der Waals surface area contributed by atoms with Crippen molar-refractivity contribution in [1.29, 1.82) is 5.41 Å². The first-order valence-electron chi connectivity index (χ1n) is 4.92. The van der Waals surface area contributed by atoms with Gasteiger partial charge in [0.25, 0.3) is 0 Å². The van der Waals surface area contributed by atoms with E-state index in [4.69, 9.17) is 5.41 Å². The molecule has 2 aliphatic heterocycles. The van der Waals surface area contributed by atoms with Crippen molar-refractivity contribution in [1.82, 2.24) is 15.5 Å². The number of hydrogen-bond donors (Lipinski definition) is 3. The average Bonchev–Trinajstić information content (AvgIpc) is 2.36. The molecule has 0 aromatic rings. The predicted molar refractivity (Wildman–Crippen MR) is 53.5 cm³/mol. The van der Waals surface area contributed by atoms with Gasteiger partial charge in [0.2, 0.25) is 0 Å². The third-order valence-corrected chi connectivity index (χ3v) is 3.36. The molecule has 2 rings (SSSR count). The summed E-state index contributed by atoms with van der Waals surface area (Å²) < 4.78 is 0. The van der Waals surface area contributed by atoms with Gasteiger partial charge in [0.1, 0.15) is 11.4 Å². The van der Waals surface area contributed by atoms with Crippen molar-refractivity contribution in [3.8, 4) is 0 Å². The molecule has 2 heterocycles. The van der Waals surface area contributed by atoms with E-state index < -0.39 is 5.54 Å². The van der Waals surface area contributed by atoms with E-state index in [1.54, 1.807) is 0 Å². The zero-order valence-electron chi connectivity index (χ0n) is 8.55. The molecule has 78 valence electrons. The molecule has 14 heavy (non-hydrogen) atoms. The van der Waals surface area contributed by atoms with E-state index in [1.807, 2.05) is 0 Å². The van der Waals surface area contributed by atoms with Gasteiger partial charge in [-0.3, -0.25) is 10.7 Å². The molecule has 2 aliphatic rings. The van der Waals surface area contributed by atoms with Crippen LogP contribution < -0.4 is 10.6 Å². The van der Waals surface area contributed by atoms with Crippen LogP contribution in [0.5, 0.6) is 0 Å². The molecule has 0 saturated carbocycles. The van der Waals surface area contributed by atoms with Crippen LogP contribution in [0.2, 0.25) is 0 Å². The van der Waals surface area contributed by atoms with Crippen molar-refractivity contribution in [3.63, 3.8) is 0 Å². The second-order valence-electron chi connectivity index (χ2n) is 4.32. The summed E-state index contributed by atoms with van der Waals surface area (Å²) >= 11 is 0. The van der Waals surface area contributed by atoms with Crippen molar-refractivity contribution in [2.75, 3.05) is 13.6 Å². The van der Waals surface area contributed by atoms with Crippen LogP contribution in [0.25, 0.3) is 0 Å². The molecule has 2 fully saturated rings. The fourth-order valence-electron chi connectivity index (χ4n) is 2.23. The lowest BCUT2D eigenvalue weighted by Crippen LogP contribution is -2.56. The third-order valence-electron chi connectivity index (χ3n) is 3.36. The maximum absolute atomic E-state index is 11.1. The summed E-state index contributed by atoms with van der Waals surface area (Å²) in [6.07, 6.45) is 1.65. The lowest BCUT2D eigenvalue weighted by atomic mass is 9.84. The van der Waals surface area contributed by atoms with Crippen molar-refractivity contribution >= 4 is 11.9 Å². The van der Waals surface area contributed by atoms with Gasteiger partial charge in [0.05, 0.1) is 0 Å². The summed E-state index contributed by atoms with van der Waals surface area (Å²) in [6, 6.07) is 0.177. The van der Waals surface area contributed by atoms with Crippen LogP contribution in [0.15, 0.2) is 0 Å². The topological polar surface area (TPSA) is 68.2 Å². The Hall–Kier alpha value is -1.10. The van der Waals surface area contributed by atoms with E-state index in [0.29, 0.717) is 11.9 Å². The number of rotatable bonds is 0. The van der Waals surface area contributed by atoms with Gasteiger partial charge in [-0.1, -0.05) is 0 Å². The van der Waals surface area contributed by atoms with Crippen LogP contribution in [0, 0.1) is 5.41 Å². The molecule has 0 aromatic carbocycles. The van der Waals surface area contributed by atoms with Crippen molar-refractivity contribution < 1.29 is 4.79 Å². The van der Waals surface area contributed by atoms with E-state index >= 15 is 0 Å². The van der Waals surface area contributed by atoms with E-state index in [0.717, 1.165) is 19.4 Å². The average molecular weight is 196 g/mol. The van der Waals surface area contributed by atoms with Crippen molar-refractivity contribution in [3.05, 3.63) is 0 Å². The maximum atomic E-state index is 11.1. The molecule has 5 heteroatoms. The van der Waals surface area contributed by atoms with Gasteiger partial charge >= 0.3 is 6.03 Å². The Kier molecular flexibility index (Phi) is 1.99. The Balaban J connectivity index is 2.18. The highest BCUT2D eigenvalue weighted by atomic mass is 16.2. The Labute approximate surface area is 83.4 Å². The summed E-state index contributed by atoms with van der Waals surface area (Å²) in [5.41, 5.74) is -0.414. The molecular formula is C9H16N4O. The molecule has 0 bridgehead atoms. The van der Waals surface area contributed by atoms with Gasteiger partial charge < -0.3 is 10.2 Å². The van der Waals surface area contributed by atoms with Crippen LogP contribution >= 0.6 is 0 Å². The van der Waals surface area contributed by atoms with Crippen LogP contribution in [-0.4, -0.2) is 41.9 Å². The summed E-state index contributed by atoms with van der Waals surface area (Å²) in [5.74, 6) is 0.336. The van der Waals surface area contributed by atoms with Crippen LogP contribution in [-0.2, 0) is 0 Å². The first-order chi connectivity index (χ1) is 6.53. The van der Waals surface area contributed by atoms with E-state index in [1.165, 1.54) is 0 Å². The highest BCUT2D eigenvalue weighted by Crippen LogP contribution is 2.28. The summed E-state index contributed by atoms with van der Waals surface area (Å²) in [7, 11) is 2.07. The largest absolute Gasteiger partial charge is 0.325 e. The Bertz CT molecular complexity index is 291. The second kappa shape index (κ2) is 2.95. The Morgan fingerprint density at radius 2 is 2.36 bits per heavy atom. The Morgan fingerprint density at radius 3 is 2.86 bits per heavy atom. The molecule has 2 atom stereocenters. The number of nitrogens with zero attached hydrogens (tertiary/aromatic N) is 1. The molecule has 5 nitrogen and oxygen atoms in total. The van der Waals surface area contributed by atoms with E-state index in [9.17, 15) is 4.79 Å². The minimum absolute atomic E-state index is 0.230. The first-order valence-corrected chi connectivity index (χ1v) is 4.92. The van der Waals surface area contributed by atoms with Gasteiger partial charge in [0.15, 0.2) is 0 Å². The molecule has 2 unspecified atom stereocenters. The number of hydrogen-bond acceptors (Lipinski definition) is 3. The Morgan fingerprint density at radius 1 is 1.64 bits per heavy atom. The molecule has 2 saturated heterocycles. The van der Waals surface area contributed by atoms with Gasteiger partial charge in [-0.2, -0.15) is 0 Å². The molecular weight excluding hydrogens is 180 g/mol. The quantitative estimate of drug-likeness (QED) is 0.515. The normalized spacial score (nSPS) is 38.6. The van der Waals surface area contributed by atoms with Crippen molar-refractivity contribution in [2.45, 2.75) is 31.3 Å². The first kappa shape index (κ1) is 9.45. The number of urea groups is 1. The van der Waals surface area contributed by atoms with Gasteiger partial charge in [0, 0.05) is 12.6 Å². The molecule has 0 aliphatic carbocycles. The van der Waals surface area contributed by atoms with E-state index in [2.05, 4.69) is 29.5 Å². The molecule has 0 radical (unpaired) electrons. The van der Waals surface area contributed by atoms with Crippen LogP contribution in [0.4, 0.5) is 4.79 Å². The molecule has 3 N–H and O–H groups in total. The zero-order valence-corrected chi connectivity index (χ0v) is 8.55. The highest BCUT2D eigenvalue weighted by molar-refractivity contribution is 6.08. The van der Waals surface area contributed by atoms with Gasteiger partial charge in [-0.05, 0) is 26.8 Å². The number of nitrogens with one attached hydrogen (secondary N) is 3. The van der Waals surface area contributed by atoms with Gasteiger partial charge in [-0.15, -0.1) is 0 Å². The predicted octanol–water partition coefficient (Wildman–Crippen LogP) is 0.129. The number of amides is 2. The lowest BCUT2D eigenvalue weighted by molar-refractivity contribution is 0.151. The smallest absolute Gasteiger partial charge is 0.321 e. The number of carbonyl (C=O) groups excluding carboxylic acids is 1. The summed E-state index contributed by atoms with van der Waals surface area (Å²) in [6.45, 7) is 3.05. The summed E-state index contributed by atoms with van der Waals surface area (Å²) in [4.78, 5) is 13.4. The fraction of sp³-hybridized carbons (Fsp3) is 0.778. The van der Waals surface area contributed by atoms with Gasteiger partial charge in [-0.25, -0.2) is 4.79 Å². The van der Waals surface area contributed by atoms with Crippen LogP contribution in [0.3, 0.4) is 0 Å². The maximum Gasteiger partial charge on any atom is 0.321 e. The highest BCUT2D eigenvalue weighted by Gasteiger charge is 2.46. The van der Waals surface area contributed by atoms with E-state index in [-0.39, 0.29) is 6.03 Å².